The third-order valence-electron chi connectivity index (χ3n) is 3.34. The fraction of sp³-hybridized carbons (Fsp3) is 0.267. The molecule has 6 heteroatoms. The van der Waals surface area contributed by atoms with Crippen molar-refractivity contribution >= 4 is 21.4 Å². The van der Waals surface area contributed by atoms with E-state index in [1.807, 2.05) is 32.0 Å². The van der Waals surface area contributed by atoms with E-state index < -0.39 is 10.0 Å². The van der Waals surface area contributed by atoms with Crippen LogP contribution in [0.1, 0.15) is 11.1 Å². The molecule has 5 nitrogen and oxygen atoms in total. The third-order valence-corrected chi connectivity index (χ3v) is 5.07. The van der Waals surface area contributed by atoms with Crippen molar-refractivity contribution in [3.8, 4) is 0 Å². The second-order valence-corrected chi connectivity index (χ2v) is 6.75. The van der Waals surface area contributed by atoms with Gasteiger partial charge in [0.25, 0.3) is 10.0 Å². The van der Waals surface area contributed by atoms with Crippen LogP contribution in [0.2, 0.25) is 0 Å². The molecule has 1 heterocycles. The number of hydrogen-bond acceptors (Lipinski definition) is 4. The predicted octanol–water partition coefficient (Wildman–Crippen LogP) is 2.57. The van der Waals surface area contributed by atoms with Crippen molar-refractivity contribution in [3.05, 3.63) is 47.7 Å². The molecule has 1 N–H and O–H groups in total. The number of aromatic nitrogens is 1. The Kier molecular flexibility index (Phi) is 4.18. The Balaban J connectivity index is 2.53. The zero-order chi connectivity index (χ0) is 15.6. The number of benzene rings is 1. The standard InChI is InChI=1S/C15H19N3O2S/c1-11-7-8-14(12(2)10-11)18(4)21(19,20)15-13(16-3)6-5-9-17-15/h5-10,16H,1-4H3. The summed E-state index contributed by atoms with van der Waals surface area (Å²) in [6.07, 6.45) is 1.48. The highest BCUT2D eigenvalue weighted by atomic mass is 32.2. The minimum atomic E-state index is -3.71. The first-order valence-electron chi connectivity index (χ1n) is 6.57. The van der Waals surface area contributed by atoms with Gasteiger partial charge in [0.15, 0.2) is 5.03 Å². The lowest BCUT2D eigenvalue weighted by Gasteiger charge is -2.22. The Morgan fingerprint density at radius 2 is 1.90 bits per heavy atom. The first kappa shape index (κ1) is 15.3. The van der Waals surface area contributed by atoms with E-state index in [2.05, 4.69) is 10.3 Å². The molecule has 0 spiro atoms. The first-order chi connectivity index (χ1) is 9.87. The average Bonchev–Trinajstić information content (AvgIpc) is 2.46. The van der Waals surface area contributed by atoms with Crippen molar-refractivity contribution in [1.82, 2.24) is 4.98 Å². The summed E-state index contributed by atoms with van der Waals surface area (Å²) in [5, 5.41) is 2.89. The molecule has 112 valence electrons. The van der Waals surface area contributed by atoms with E-state index in [1.54, 1.807) is 26.2 Å². The van der Waals surface area contributed by atoms with Crippen molar-refractivity contribution in [1.29, 1.82) is 0 Å². The van der Waals surface area contributed by atoms with E-state index in [4.69, 9.17) is 0 Å². The van der Waals surface area contributed by atoms with Gasteiger partial charge in [0, 0.05) is 20.3 Å². The summed E-state index contributed by atoms with van der Waals surface area (Å²) in [4.78, 5) is 4.02. The second-order valence-electron chi connectivity index (χ2n) is 4.87. The van der Waals surface area contributed by atoms with Crippen LogP contribution < -0.4 is 9.62 Å². The maximum Gasteiger partial charge on any atom is 0.283 e. The van der Waals surface area contributed by atoms with Crippen molar-refractivity contribution in [3.63, 3.8) is 0 Å². The highest BCUT2D eigenvalue weighted by molar-refractivity contribution is 7.92. The van der Waals surface area contributed by atoms with Crippen molar-refractivity contribution in [2.75, 3.05) is 23.7 Å². The molecule has 1 aromatic carbocycles. The predicted molar refractivity (Wildman–Crippen MR) is 85.3 cm³/mol. The van der Waals surface area contributed by atoms with Crippen LogP contribution in [0.5, 0.6) is 0 Å². The van der Waals surface area contributed by atoms with Gasteiger partial charge in [-0.3, -0.25) is 4.31 Å². The van der Waals surface area contributed by atoms with Crippen molar-refractivity contribution in [2.45, 2.75) is 18.9 Å². The molecule has 0 atom stereocenters. The van der Waals surface area contributed by atoms with Crippen molar-refractivity contribution < 1.29 is 8.42 Å². The molecule has 1 aromatic heterocycles. The van der Waals surface area contributed by atoms with E-state index in [0.29, 0.717) is 11.4 Å². The summed E-state index contributed by atoms with van der Waals surface area (Å²) in [5.41, 5.74) is 3.13. The third kappa shape index (κ3) is 2.85. The maximum atomic E-state index is 12.8. The van der Waals surface area contributed by atoms with Crippen molar-refractivity contribution in [2.24, 2.45) is 0 Å². The Morgan fingerprint density at radius 3 is 2.52 bits per heavy atom. The second kappa shape index (κ2) is 5.73. The number of nitrogens with one attached hydrogen (secondary N) is 1. The summed E-state index contributed by atoms with van der Waals surface area (Å²) in [7, 11) is -0.494. The van der Waals surface area contributed by atoms with E-state index in [1.165, 1.54) is 10.5 Å². The van der Waals surface area contributed by atoms with Gasteiger partial charge in [0.2, 0.25) is 0 Å². The molecule has 0 radical (unpaired) electrons. The van der Waals surface area contributed by atoms with Crippen LogP contribution in [-0.4, -0.2) is 27.5 Å². The molecular weight excluding hydrogens is 286 g/mol. The van der Waals surface area contributed by atoms with Crippen LogP contribution in [0, 0.1) is 13.8 Å². The molecule has 2 aromatic rings. The van der Waals surface area contributed by atoms with E-state index in [-0.39, 0.29) is 5.03 Å². The summed E-state index contributed by atoms with van der Waals surface area (Å²) in [6, 6.07) is 9.05. The summed E-state index contributed by atoms with van der Waals surface area (Å²) in [6.45, 7) is 3.87. The molecule has 0 fully saturated rings. The van der Waals surface area contributed by atoms with E-state index >= 15 is 0 Å². The highest BCUT2D eigenvalue weighted by Crippen LogP contribution is 2.28. The zero-order valence-corrected chi connectivity index (χ0v) is 13.4. The number of hydrogen-bond donors (Lipinski definition) is 1. The lowest BCUT2D eigenvalue weighted by Crippen LogP contribution is -2.28. The van der Waals surface area contributed by atoms with Crippen LogP contribution >= 0.6 is 0 Å². The molecule has 21 heavy (non-hydrogen) atoms. The Labute approximate surface area is 125 Å². The van der Waals surface area contributed by atoms with Gasteiger partial charge in [-0.2, -0.15) is 8.42 Å². The number of rotatable bonds is 4. The molecule has 2 rings (SSSR count). The molecule has 0 unspecified atom stereocenters. The van der Waals surface area contributed by atoms with E-state index in [0.717, 1.165) is 11.1 Å². The van der Waals surface area contributed by atoms with Gasteiger partial charge in [0.1, 0.15) is 0 Å². The molecule has 0 saturated carbocycles. The van der Waals surface area contributed by atoms with Crippen LogP contribution in [0.4, 0.5) is 11.4 Å². The van der Waals surface area contributed by atoms with E-state index in [9.17, 15) is 8.42 Å². The molecule has 0 bridgehead atoms. The normalized spacial score (nSPS) is 11.2. The molecule has 0 aliphatic rings. The van der Waals surface area contributed by atoms with Crippen LogP contribution in [-0.2, 0) is 10.0 Å². The van der Waals surface area contributed by atoms with Gasteiger partial charge >= 0.3 is 0 Å². The number of anilines is 2. The van der Waals surface area contributed by atoms with Gasteiger partial charge < -0.3 is 5.32 Å². The summed E-state index contributed by atoms with van der Waals surface area (Å²) in [5.74, 6) is 0. The average molecular weight is 305 g/mol. The Bertz CT molecular complexity index is 757. The van der Waals surface area contributed by atoms with Gasteiger partial charge in [-0.05, 0) is 37.6 Å². The fourth-order valence-corrected chi connectivity index (χ4v) is 3.57. The molecule has 0 aliphatic heterocycles. The molecule has 0 amide bonds. The lowest BCUT2D eigenvalue weighted by atomic mass is 10.1. The smallest absolute Gasteiger partial charge is 0.283 e. The quantitative estimate of drug-likeness (QED) is 0.943. The van der Waals surface area contributed by atoms with Crippen LogP contribution in [0.3, 0.4) is 0 Å². The number of nitrogens with zero attached hydrogens (tertiary/aromatic N) is 2. The summed E-state index contributed by atoms with van der Waals surface area (Å²) >= 11 is 0. The molecular formula is C15H19N3O2S. The number of sulfonamides is 1. The largest absolute Gasteiger partial charge is 0.386 e. The van der Waals surface area contributed by atoms with Gasteiger partial charge in [-0.1, -0.05) is 17.7 Å². The minimum Gasteiger partial charge on any atom is -0.386 e. The van der Waals surface area contributed by atoms with Crippen LogP contribution in [0.15, 0.2) is 41.6 Å². The highest BCUT2D eigenvalue weighted by Gasteiger charge is 2.26. The number of pyridine rings is 1. The monoisotopic (exact) mass is 305 g/mol. The SMILES string of the molecule is CNc1cccnc1S(=O)(=O)N(C)c1ccc(C)cc1C. The van der Waals surface area contributed by atoms with Gasteiger partial charge in [-0.25, -0.2) is 4.98 Å². The Hall–Kier alpha value is -2.08. The molecule has 0 aliphatic carbocycles. The number of aryl methyl sites for hydroxylation is 2. The summed E-state index contributed by atoms with van der Waals surface area (Å²) < 4.78 is 26.8. The molecule has 0 saturated heterocycles. The first-order valence-corrected chi connectivity index (χ1v) is 8.01. The van der Waals surface area contributed by atoms with Crippen LogP contribution in [0.25, 0.3) is 0 Å². The van der Waals surface area contributed by atoms with Gasteiger partial charge in [-0.15, -0.1) is 0 Å². The maximum absolute atomic E-state index is 12.8. The van der Waals surface area contributed by atoms with Gasteiger partial charge in [0.05, 0.1) is 11.4 Å². The fourth-order valence-electron chi connectivity index (χ4n) is 2.20. The lowest BCUT2D eigenvalue weighted by molar-refractivity contribution is 0.591. The minimum absolute atomic E-state index is 0.0231. The topological polar surface area (TPSA) is 62.3 Å². The zero-order valence-electron chi connectivity index (χ0n) is 12.6. The Morgan fingerprint density at radius 1 is 1.19 bits per heavy atom.